The molecule has 0 saturated carbocycles. The van der Waals surface area contributed by atoms with Crippen molar-refractivity contribution in [3.8, 4) is 11.4 Å². The first-order valence-electron chi connectivity index (χ1n) is 9.39. The zero-order valence-electron chi connectivity index (χ0n) is 16.2. The minimum Gasteiger partial charge on any atom is -0.497 e. The SMILES string of the molecule is COc1ccc(-n2ccc(CNC(=O)C3(n4cccn4)CCNCC3)n2)cc1.Cl. The minimum atomic E-state index is -0.646. The minimum absolute atomic E-state index is 0. The maximum absolute atomic E-state index is 13.1. The molecule has 29 heavy (non-hydrogen) atoms. The average molecular weight is 417 g/mol. The van der Waals surface area contributed by atoms with Gasteiger partial charge in [-0.05, 0) is 62.3 Å². The van der Waals surface area contributed by atoms with Crippen molar-refractivity contribution >= 4 is 18.3 Å². The number of benzene rings is 1. The van der Waals surface area contributed by atoms with E-state index in [1.165, 1.54) is 0 Å². The number of hydrogen-bond donors (Lipinski definition) is 2. The summed E-state index contributed by atoms with van der Waals surface area (Å²) in [5.41, 5.74) is 1.09. The summed E-state index contributed by atoms with van der Waals surface area (Å²) in [4.78, 5) is 13.1. The van der Waals surface area contributed by atoms with Gasteiger partial charge in [0.25, 0.3) is 0 Å². The molecule has 2 N–H and O–H groups in total. The van der Waals surface area contributed by atoms with Crippen LogP contribution in [0.4, 0.5) is 0 Å². The van der Waals surface area contributed by atoms with E-state index >= 15 is 0 Å². The van der Waals surface area contributed by atoms with Gasteiger partial charge in [0.15, 0.2) is 0 Å². The molecule has 154 valence electrons. The molecule has 0 radical (unpaired) electrons. The first-order valence-corrected chi connectivity index (χ1v) is 9.39. The van der Waals surface area contributed by atoms with Crippen LogP contribution in [0.5, 0.6) is 5.75 Å². The number of amides is 1. The zero-order valence-corrected chi connectivity index (χ0v) is 17.1. The maximum atomic E-state index is 13.1. The van der Waals surface area contributed by atoms with E-state index in [0.29, 0.717) is 19.4 Å². The molecule has 9 heteroatoms. The van der Waals surface area contributed by atoms with E-state index in [1.54, 1.807) is 22.7 Å². The molecule has 0 aliphatic carbocycles. The van der Waals surface area contributed by atoms with Crippen molar-refractivity contribution in [1.82, 2.24) is 30.2 Å². The number of nitrogens with one attached hydrogen (secondary N) is 2. The molecule has 1 saturated heterocycles. The predicted molar refractivity (Wildman–Crippen MR) is 112 cm³/mol. The number of rotatable bonds is 6. The topological polar surface area (TPSA) is 86.0 Å². The normalized spacial score (nSPS) is 15.3. The van der Waals surface area contributed by atoms with Gasteiger partial charge in [-0.25, -0.2) is 4.68 Å². The Morgan fingerprint density at radius 3 is 2.62 bits per heavy atom. The second-order valence-electron chi connectivity index (χ2n) is 6.86. The van der Waals surface area contributed by atoms with E-state index in [2.05, 4.69) is 20.8 Å². The fraction of sp³-hybridized carbons (Fsp3) is 0.350. The van der Waals surface area contributed by atoms with Gasteiger partial charge >= 0.3 is 0 Å². The Balaban J connectivity index is 0.00000240. The lowest BCUT2D eigenvalue weighted by Crippen LogP contribution is -2.54. The van der Waals surface area contributed by atoms with Gasteiger partial charge in [0, 0.05) is 18.6 Å². The Bertz CT molecular complexity index is 917. The van der Waals surface area contributed by atoms with Crippen LogP contribution in [0.15, 0.2) is 55.0 Å². The van der Waals surface area contributed by atoms with Crippen LogP contribution < -0.4 is 15.4 Å². The number of piperidine rings is 1. The highest BCUT2D eigenvalue weighted by Crippen LogP contribution is 2.27. The first-order chi connectivity index (χ1) is 13.7. The number of aromatic nitrogens is 4. The Labute approximate surface area is 175 Å². The molecular weight excluding hydrogens is 392 g/mol. The van der Waals surface area contributed by atoms with Gasteiger partial charge in [-0.3, -0.25) is 9.48 Å². The van der Waals surface area contributed by atoms with Crippen molar-refractivity contribution in [3.05, 3.63) is 60.7 Å². The summed E-state index contributed by atoms with van der Waals surface area (Å²) < 4.78 is 8.76. The van der Waals surface area contributed by atoms with E-state index in [1.807, 2.05) is 48.8 Å². The second kappa shape index (κ2) is 9.11. The lowest BCUT2D eigenvalue weighted by Gasteiger charge is -2.36. The highest BCUT2D eigenvalue weighted by atomic mass is 35.5. The summed E-state index contributed by atoms with van der Waals surface area (Å²) in [5.74, 6) is 0.783. The number of carbonyl (C=O) groups excluding carboxylic acids is 1. The molecule has 0 atom stereocenters. The van der Waals surface area contributed by atoms with Crippen molar-refractivity contribution < 1.29 is 9.53 Å². The number of methoxy groups -OCH3 is 1. The molecule has 3 aromatic rings. The van der Waals surface area contributed by atoms with Crippen molar-refractivity contribution in [2.24, 2.45) is 0 Å². The first kappa shape index (κ1) is 20.9. The zero-order chi connectivity index (χ0) is 19.4. The molecule has 2 aromatic heterocycles. The van der Waals surface area contributed by atoms with Crippen LogP contribution in [-0.4, -0.2) is 45.7 Å². The van der Waals surface area contributed by atoms with Crippen molar-refractivity contribution in [3.63, 3.8) is 0 Å². The van der Waals surface area contributed by atoms with Crippen molar-refractivity contribution in [2.45, 2.75) is 24.9 Å². The quantitative estimate of drug-likeness (QED) is 0.641. The highest BCUT2D eigenvalue weighted by Gasteiger charge is 2.41. The third-order valence-electron chi connectivity index (χ3n) is 5.21. The van der Waals surface area contributed by atoms with Crippen LogP contribution in [-0.2, 0) is 16.9 Å². The summed E-state index contributed by atoms with van der Waals surface area (Å²) in [6, 6.07) is 11.4. The number of hydrogen-bond acceptors (Lipinski definition) is 5. The van der Waals surface area contributed by atoms with Crippen LogP contribution in [0.1, 0.15) is 18.5 Å². The summed E-state index contributed by atoms with van der Waals surface area (Å²) in [7, 11) is 1.64. The van der Waals surface area contributed by atoms with Gasteiger partial charge in [-0.15, -0.1) is 12.4 Å². The van der Waals surface area contributed by atoms with Gasteiger partial charge < -0.3 is 15.4 Å². The lowest BCUT2D eigenvalue weighted by atomic mass is 9.87. The van der Waals surface area contributed by atoms with E-state index in [-0.39, 0.29) is 18.3 Å². The molecular formula is C20H25ClN6O2. The van der Waals surface area contributed by atoms with Crippen LogP contribution in [0.2, 0.25) is 0 Å². The van der Waals surface area contributed by atoms with Crippen LogP contribution in [0.25, 0.3) is 5.69 Å². The average Bonchev–Trinajstić information content (AvgIpc) is 3.45. The molecule has 0 spiro atoms. The smallest absolute Gasteiger partial charge is 0.248 e. The van der Waals surface area contributed by atoms with Crippen LogP contribution in [0.3, 0.4) is 0 Å². The number of carbonyl (C=O) groups is 1. The molecule has 8 nitrogen and oxygen atoms in total. The molecule has 0 bridgehead atoms. The fourth-order valence-corrected chi connectivity index (χ4v) is 3.59. The fourth-order valence-electron chi connectivity index (χ4n) is 3.59. The van der Waals surface area contributed by atoms with E-state index in [9.17, 15) is 4.79 Å². The molecule has 3 heterocycles. The summed E-state index contributed by atoms with van der Waals surface area (Å²) >= 11 is 0. The summed E-state index contributed by atoms with van der Waals surface area (Å²) in [6.07, 6.45) is 6.88. The largest absolute Gasteiger partial charge is 0.497 e. The lowest BCUT2D eigenvalue weighted by molar-refractivity contribution is -0.132. The number of nitrogens with zero attached hydrogens (tertiary/aromatic N) is 4. The highest BCUT2D eigenvalue weighted by molar-refractivity contribution is 5.85. The molecule has 1 amide bonds. The Morgan fingerprint density at radius 2 is 1.97 bits per heavy atom. The Hall–Kier alpha value is -2.84. The van der Waals surface area contributed by atoms with Gasteiger partial charge in [0.1, 0.15) is 11.3 Å². The van der Waals surface area contributed by atoms with E-state index < -0.39 is 5.54 Å². The predicted octanol–water partition coefficient (Wildman–Crippen LogP) is 1.89. The van der Waals surface area contributed by atoms with Gasteiger partial charge in [0.05, 0.1) is 25.0 Å². The molecule has 1 aromatic carbocycles. The van der Waals surface area contributed by atoms with Gasteiger partial charge in [-0.2, -0.15) is 10.2 Å². The van der Waals surface area contributed by atoms with Crippen molar-refractivity contribution in [2.75, 3.05) is 20.2 Å². The number of ether oxygens (including phenoxy) is 1. The summed E-state index contributed by atoms with van der Waals surface area (Å²) in [6.45, 7) is 1.96. The standard InChI is InChI=1S/C20H24N6O2.ClH/c1-28-18-5-3-17(4-6-18)25-14-7-16(24-25)15-22-19(27)20(8-11-21-12-9-20)26-13-2-10-23-26;/h2-7,10,13-14,21H,8-9,11-12,15H2,1H3,(H,22,27);1H. The molecule has 4 rings (SSSR count). The van der Waals surface area contributed by atoms with Gasteiger partial charge in [-0.1, -0.05) is 0 Å². The third-order valence-corrected chi connectivity index (χ3v) is 5.21. The molecule has 1 aliphatic rings. The van der Waals surface area contributed by atoms with Gasteiger partial charge in [0.2, 0.25) is 5.91 Å². The summed E-state index contributed by atoms with van der Waals surface area (Å²) in [5, 5.41) is 15.3. The Morgan fingerprint density at radius 1 is 1.21 bits per heavy atom. The van der Waals surface area contributed by atoms with E-state index in [4.69, 9.17) is 4.74 Å². The Kier molecular flexibility index (Phi) is 6.56. The van der Waals surface area contributed by atoms with Crippen molar-refractivity contribution in [1.29, 1.82) is 0 Å². The monoisotopic (exact) mass is 416 g/mol. The van der Waals surface area contributed by atoms with Crippen LogP contribution in [0, 0.1) is 0 Å². The van der Waals surface area contributed by atoms with E-state index in [0.717, 1.165) is 30.2 Å². The molecule has 0 unspecified atom stereocenters. The molecule has 1 fully saturated rings. The van der Waals surface area contributed by atoms with Crippen LogP contribution >= 0.6 is 12.4 Å². The third kappa shape index (κ3) is 4.28. The second-order valence-corrected chi connectivity index (χ2v) is 6.86. The number of halogens is 1. The molecule has 1 aliphatic heterocycles. The maximum Gasteiger partial charge on any atom is 0.248 e.